The lowest BCUT2D eigenvalue weighted by Crippen LogP contribution is -2.47. The van der Waals surface area contributed by atoms with E-state index >= 15 is 0 Å². The van der Waals surface area contributed by atoms with Crippen LogP contribution in [0.15, 0.2) is 0 Å². The van der Waals surface area contributed by atoms with Gasteiger partial charge in [0, 0.05) is 0 Å². The lowest BCUT2D eigenvalue weighted by atomic mass is 10.2. The number of nitrogens with one attached hydrogen (secondary N) is 1. The van der Waals surface area contributed by atoms with Crippen molar-refractivity contribution in [3.05, 3.63) is 0 Å². The molecule has 0 aliphatic carbocycles. The van der Waals surface area contributed by atoms with Crippen molar-refractivity contribution < 1.29 is 4.43 Å². The fraction of sp³-hybridized carbons (Fsp3) is 1.00. The third kappa shape index (κ3) is 3.79. The molecule has 0 aromatic carbocycles. The molecule has 3 heteroatoms. The Morgan fingerprint density at radius 3 is 2.00 bits per heavy atom. The van der Waals surface area contributed by atoms with Gasteiger partial charge in [-0.15, -0.1) is 0 Å². The monoisotopic (exact) mass is 203 g/mol. The highest BCUT2D eigenvalue weighted by Gasteiger charge is 2.38. The summed E-state index contributed by atoms with van der Waals surface area (Å²) in [5.74, 6) is 0. The van der Waals surface area contributed by atoms with Gasteiger partial charge in [0.2, 0.25) is 0 Å². The summed E-state index contributed by atoms with van der Waals surface area (Å²) < 4.78 is 6.13. The Morgan fingerprint density at radius 2 is 1.77 bits per heavy atom. The molecule has 0 spiro atoms. The van der Waals surface area contributed by atoms with Gasteiger partial charge >= 0.3 is 0 Å². The van der Waals surface area contributed by atoms with Crippen LogP contribution in [0.3, 0.4) is 0 Å². The first-order valence-corrected chi connectivity index (χ1v) is 8.00. The molecule has 0 aromatic rings. The summed E-state index contributed by atoms with van der Waals surface area (Å²) >= 11 is 0. The van der Waals surface area contributed by atoms with Gasteiger partial charge in [-0.05, 0) is 31.6 Å². The highest BCUT2D eigenvalue weighted by Crippen LogP contribution is 2.37. The minimum atomic E-state index is -1.57. The first-order chi connectivity index (χ1) is 5.74. The van der Waals surface area contributed by atoms with Crippen molar-refractivity contribution in [3.8, 4) is 0 Å². The van der Waals surface area contributed by atoms with Gasteiger partial charge in [0.15, 0.2) is 8.32 Å². The molecule has 0 saturated heterocycles. The first-order valence-electron chi connectivity index (χ1n) is 5.09. The summed E-state index contributed by atoms with van der Waals surface area (Å²) in [6, 6.07) is 0. The molecule has 0 bridgehead atoms. The molecule has 0 rings (SSSR count). The summed E-state index contributed by atoms with van der Waals surface area (Å²) in [5, 5.41) is 3.50. The molecular weight excluding hydrogens is 178 g/mol. The number of rotatable bonds is 4. The van der Waals surface area contributed by atoms with E-state index in [0.29, 0.717) is 5.04 Å². The number of hydrogen-bond acceptors (Lipinski definition) is 2. The predicted molar refractivity (Wildman–Crippen MR) is 61.4 cm³/mol. The van der Waals surface area contributed by atoms with Gasteiger partial charge in [0.05, 0.1) is 6.23 Å². The zero-order chi connectivity index (χ0) is 10.7. The first kappa shape index (κ1) is 13.1. The second-order valence-corrected chi connectivity index (χ2v) is 9.82. The third-order valence-electron chi connectivity index (χ3n) is 2.94. The molecule has 80 valence electrons. The molecule has 0 amide bonds. The van der Waals surface area contributed by atoms with Gasteiger partial charge in [0.25, 0.3) is 0 Å². The van der Waals surface area contributed by atoms with E-state index in [2.05, 4.69) is 46.1 Å². The van der Waals surface area contributed by atoms with Crippen LogP contribution in [0.5, 0.6) is 0 Å². The van der Waals surface area contributed by atoms with Crippen LogP contribution in [-0.2, 0) is 4.43 Å². The van der Waals surface area contributed by atoms with Crippen LogP contribution in [0, 0.1) is 0 Å². The van der Waals surface area contributed by atoms with Gasteiger partial charge in [-0.25, -0.2) is 0 Å². The molecule has 1 atom stereocenters. The standard InChI is InChI=1S/C10H25NOSi/c1-8-9(11-5)12-13(6,7)10(2,3)4/h9,11H,8H2,1-7H3. The molecule has 0 heterocycles. The molecule has 0 radical (unpaired) electrons. The lowest BCUT2D eigenvalue weighted by molar-refractivity contribution is 0.150. The summed E-state index contributed by atoms with van der Waals surface area (Å²) in [7, 11) is 0.387. The van der Waals surface area contributed by atoms with Crippen molar-refractivity contribution in [2.24, 2.45) is 0 Å². The van der Waals surface area contributed by atoms with Crippen LogP contribution in [0.4, 0.5) is 0 Å². The highest BCUT2D eigenvalue weighted by atomic mass is 28.4. The summed E-state index contributed by atoms with van der Waals surface area (Å²) in [4.78, 5) is 0. The Morgan fingerprint density at radius 1 is 1.31 bits per heavy atom. The molecule has 1 N–H and O–H groups in total. The maximum atomic E-state index is 6.13. The quantitative estimate of drug-likeness (QED) is 0.560. The third-order valence-corrected chi connectivity index (χ3v) is 7.42. The Kier molecular flexibility index (Phi) is 4.62. The SMILES string of the molecule is CCC(NC)O[Si](C)(C)C(C)(C)C. The van der Waals surface area contributed by atoms with Crippen LogP contribution in [-0.4, -0.2) is 21.6 Å². The second-order valence-electron chi connectivity index (χ2n) is 5.06. The van der Waals surface area contributed by atoms with Crippen molar-refractivity contribution >= 4 is 8.32 Å². The van der Waals surface area contributed by atoms with Gasteiger partial charge < -0.3 is 4.43 Å². The lowest BCUT2D eigenvalue weighted by Gasteiger charge is -2.39. The molecule has 0 fully saturated rings. The molecule has 0 aromatic heterocycles. The molecule has 0 aliphatic rings. The minimum absolute atomic E-state index is 0.223. The zero-order valence-corrected chi connectivity index (χ0v) is 11.2. The van der Waals surface area contributed by atoms with Crippen LogP contribution >= 0.6 is 0 Å². The van der Waals surface area contributed by atoms with Gasteiger partial charge in [-0.2, -0.15) is 0 Å². The topological polar surface area (TPSA) is 21.3 Å². The van der Waals surface area contributed by atoms with Gasteiger partial charge in [0.1, 0.15) is 0 Å². The smallest absolute Gasteiger partial charge is 0.194 e. The summed E-state index contributed by atoms with van der Waals surface area (Å²) in [6.07, 6.45) is 1.25. The zero-order valence-electron chi connectivity index (χ0n) is 10.2. The summed E-state index contributed by atoms with van der Waals surface area (Å²) in [5.41, 5.74) is 0. The van der Waals surface area contributed by atoms with Crippen LogP contribution in [0.2, 0.25) is 18.1 Å². The van der Waals surface area contributed by atoms with Crippen molar-refractivity contribution in [1.82, 2.24) is 5.32 Å². The summed E-state index contributed by atoms with van der Waals surface area (Å²) in [6.45, 7) is 13.5. The van der Waals surface area contributed by atoms with E-state index in [1.807, 2.05) is 7.05 Å². The molecule has 2 nitrogen and oxygen atoms in total. The minimum Gasteiger partial charge on any atom is -0.402 e. The average Bonchev–Trinajstić information content (AvgIpc) is 1.98. The largest absolute Gasteiger partial charge is 0.402 e. The van der Waals surface area contributed by atoms with Gasteiger partial charge in [-0.1, -0.05) is 27.7 Å². The van der Waals surface area contributed by atoms with E-state index in [1.54, 1.807) is 0 Å². The van der Waals surface area contributed by atoms with E-state index in [0.717, 1.165) is 6.42 Å². The Bertz CT molecular complexity index is 147. The normalized spacial score (nSPS) is 15.9. The van der Waals surface area contributed by atoms with Crippen molar-refractivity contribution in [1.29, 1.82) is 0 Å². The van der Waals surface area contributed by atoms with Crippen molar-refractivity contribution in [3.63, 3.8) is 0 Å². The van der Waals surface area contributed by atoms with Crippen LogP contribution in [0.25, 0.3) is 0 Å². The van der Waals surface area contributed by atoms with E-state index in [4.69, 9.17) is 4.43 Å². The average molecular weight is 203 g/mol. The van der Waals surface area contributed by atoms with E-state index in [9.17, 15) is 0 Å². The molecular formula is C10H25NOSi. The van der Waals surface area contributed by atoms with Crippen molar-refractivity contribution in [2.75, 3.05) is 7.05 Å². The Labute approximate surface area is 84.2 Å². The van der Waals surface area contributed by atoms with Crippen molar-refractivity contribution in [2.45, 2.75) is 58.5 Å². The Balaban J connectivity index is 4.31. The molecule has 0 saturated carbocycles. The molecule has 13 heavy (non-hydrogen) atoms. The van der Waals surface area contributed by atoms with Crippen LogP contribution < -0.4 is 5.32 Å². The highest BCUT2D eigenvalue weighted by molar-refractivity contribution is 6.74. The maximum Gasteiger partial charge on any atom is 0.194 e. The Hall–Kier alpha value is 0.137. The fourth-order valence-electron chi connectivity index (χ4n) is 0.879. The predicted octanol–water partition coefficient (Wildman–Crippen LogP) is 2.96. The van der Waals surface area contributed by atoms with Crippen LogP contribution in [0.1, 0.15) is 34.1 Å². The molecule has 0 aliphatic heterocycles. The fourth-order valence-corrected chi connectivity index (χ4v) is 2.23. The van der Waals surface area contributed by atoms with E-state index in [1.165, 1.54) is 0 Å². The maximum absolute atomic E-state index is 6.13. The molecule has 1 unspecified atom stereocenters. The van der Waals surface area contributed by atoms with E-state index in [-0.39, 0.29) is 6.23 Å². The number of hydrogen-bond donors (Lipinski definition) is 1. The van der Waals surface area contributed by atoms with Gasteiger partial charge in [-0.3, -0.25) is 5.32 Å². The van der Waals surface area contributed by atoms with E-state index < -0.39 is 8.32 Å². The second kappa shape index (κ2) is 4.58.